The van der Waals surface area contributed by atoms with E-state index in [4.69, 9.17) is 0 Å². The van der Waals surface area contributed by atoms with Gasteiger partial charge in [-0.3, -0.25) is 0 Å². The van der Waals surface area contributed by atoms with Gasteiger partial charge in [-0.15, -0.1) is 0 Å². The first-order chi connectivity index (χ1) is 8.21. The molecule has 0 radical (unpaired) electrons. The summed E-state index contributed by atoms with van der Waals surface area (Å²) in [6.45, 7) is 6.90. The van der Waals surface area contributed by atoms with E-state index in [9.17, 15) is 0 Å². The van der Waals surface area contributed by atoms with Crippen molar-refractivity contribution in [3.8, 4) is 0 Å². The Kier molecular flexibility index (Phi) is 2.74. The van der Waals surface area contributed by atoms with Crippen LogP contribution in [-0.2, 0) is 0 Å². The second-order valence-electron chi connectivity index (χ2n) is 6.11. The maximum Gasteiger partial charge on any atom is 0.00347 e. The van der Waals surface area contributed by atoms with E-state index in [0.29, 0.717) is 5.41 Å². The van der Waals surface area contributed by atoms with Gasteiger partial charge in [0.05, 0.1) is 0 Å². The van der Waals surface area contributed by atoms with Crippen LogP contribution in [0, 0.1) is 19.3 Å². The molecule has 17 heavy (non-hydrogen) atoms. The molecule has 0 amide bonds. The van der Waals surface area contributed by atoms with E-state index in [2.05, 4.69) is 37.4 Å². The van der Waals surface area contributed by atoms with Crippen LogP contribution in [0.3, 0.4) is 0 Å². The first-order valence-corrected chi connectivity index (χ1v) is 6.99. The molecule has 1 saturated heterocycles. The summed E-state index contributed by atoms with van der Waals surface area (Å²) >= 11 is 0. The van der Waals surface area contributed by atoms with Crippen molar-refractivity contribution < 1.29 is 0 Å². The second kappa shape index (κ2) is 4.13. The van der Waals surface area contributed by atoms with E-state index in [1.54, 1.807) is 5.56 Å². The number of rotatable bonds is 1. The summed E-state index contributed by atoms with van der Waals surface area (Å²) in [5.74, 6) is 0.755. The van der Waals surface area contributed by atoms with Gasteiger partial charge >= 0.3 is 0 Å². The molecule has 1 aromatic carbocycles. The van der Waals surface area contributed by atoms with Crippen LogP contribution >= 0.6 is 0 Å². The Balaban J connectivity index is 1.97. The summed E-state index contributed by atoms with van der Waals surface area (Å²) in [6, 6.07) is 7.00. The van der Waals surface area contributed by atoms with E-state index in [-0.39, 0.29) is 0 Å². The van der Waals surface area contributed by atoms with Crippen LogP contribution < -0.4 is 5.32 Å². The van der Waals surface area contributed by atoms with Crippen LogP contribution in [-0.4, -0.2) is 13.1 Å². The van der Waals surface area contributed by atoms with E-state index in [1.807, 2.05) is 0 Å². The lowest BCUT2D eigenvalue weighted by Crippen LogP contribution is -2.25. The Morgan fingerprint density at radius 2 is 1.94 bits per heavy atom. The van der Waals surface area contributed by atoms with Gasteiger partial charge in [0, 0.05) is 19.0 Å². The molecule has 1 spiro atoms. The summed E-state index contributed by atoms with van der Waals surface area (Å²) < 4.78 is 0. The smallest absolute Gasteiger partial charge is 0.00347 e. The van der Waals surface area contributed by atoms with Gasteiger partial charge in [0.25, 0.3) is 0 Å². The van der Waals surface area contributed by atoms with Gasteiger partial charge in [-0.05, 0) is 43.2 Å². The van der Waals surface area contributed by atoms with Crippen molar-refractivity contribution in [3.05, 3.63) is 34.9 Å². The first-order valence-electron chi connectivity index (χ1n) is 6.99. The molecule has 0 aromatic heterocycles. The van der Waals surface area contributed by atoms with E-state index >= 15 is 0 Å². The minimum Gasteiger partial charge on any atom is -0.316 e. The zero-order valence-electron chi connectivity index (χ0n) is 11.1. The summed E-state index contributed by atoms with van der Waals surface area (Å²) in [5.41, 5.74) is 5.06. The predicted octanol–water partition coefficient (Wildman–Crippen LogP) is 3.55. The monoisotopic (exact) mass is 229 g/mol. The van der Waals surface area contributed by atoms with E-state index in [1.165, 1.54) is 49.9 Å². The highest BCUT2D eigenvalue weighted by Crippen LogP contribution is 2.51. The SMILES string of the molecule is Cc1ccc(C2CNCC23CCCC3)c(C)c1. The molecule has 92 valence electrons. The number of nitrogens with one attached hydrogen (secondary N) is 1. The Bertz CT molecular complexity index is 410. The molecular weight excluding hydrogens is 206 g/mol. The topological polar surface area (TPSA) is 12.0 Å². The minimum absolute atomic E-state index is 0.583. The summed E-state index contributed by atoms with van der Waals surface area (Å²) in [4.78, 5) is 0. The quantitative estimate of drug-likeness (QED) is 0.776. The number of hydrogen-bond acceptors (Lipinski definition) is 1. The molecule has 1 heteroatoms. The third kappa shape index (κ3) is 1.81. The van der Waals surface area contributed by atoms with Gasteiger partial charge in [-0.2, -0.15) is 0 Å². The van der Waals surface area contributed by atoms with Crippen LogP contribution in [0.4, 0.5) is 0 Å². The van der Waals surface area contributed by atoms with Crippen LogP contribution in [0.15, 0.2) is 18.2 Å². The van der Waals surface area contributed by atoms with Crippen molar-refractivity contribution in [1.82, 2.24) is 5.32 Å². The molecule has 1 nitrogen and oxygen atoms in total. The average Bonchev–Trinajstić information content (AvgIpc) is 2.91. The summed E-state index contributed by atoms with van der Waals surface area (Å²) in [6.07, 6.45) is 5.72. The van der Waals surface area contributed by atoms with Gasteiger partial charge in [-0.1, -0.05) is 36.6 Å². The summed E-state index contributed by atoms with van der Waals surface area (Å²) in [5, 5.41) is 3.65. The maximum atomic E-state index is 3.65. The van der Waals surface area contributed by atoms with Crippen LogP contribution in [0.25, 0.3) is 0 Å². The average molecular weight is 229 g/mol. The fourth-order valence-electron chi connectivity index (χ4n) is 4.07. The lowest BCUT2D eigenvalue weighted by Gasteiger charge is -2.31. The molecule has 0 bridgehead atoms. The Hall–Kier alpha value is -0.820. The molecule has 2 fully saturated rings. The van der Waals surface area contributed by atoms with Gasteiger partial charge in [0.15, 0.2) is 0 Å². The molecule has 1 atom stereocenters. The molecule has 1 N–H and O–H groups in total. The van der Waals surface area contributed by atoms with Crippen LogP contribution in [0.5, 0.6) is 0 Å². The van der Waals surface area contributed by atoms with Crippen molar-refractivity contribution in [1.29, 1.82) is 0 Å². The number of hydrogen-bond donors (Lipinski definition) is 1. The number of benzene rings is 1. The van der Waals surface area contributed by atoms with E-state index < -0.39 is 0 Å². The first kappa shape index (κ1) is 11.3. The van der Waals surface area contributed by atoms with Crippen molar-refractivity contribution in [2.45, 2.75) is 45.4 Å². The predicted molar refractivity (Wildman–Crippen MR) is 72.4 cm³/mol. The fourth-order valence-corrected chi connectivity index (χ4v) is 4.07. The summed E-state index contributed by atoms with van der Waals surface area (Å²) in [7, 11) is 0. The van der Waals surface area contributed by atoms with Crippen LogP contribution in [0.1, 0.15) is 48.3 Å². The minimum atomic E-state index is 0.583. The molecule has 1 unspecified atom stereocenters. The van der Waals surface area contributed by atoms with Crippen molar-refractivity contribution >= 4 is 0 Å². The lowest BCUT2D eigenvalue weighted by molar-refractivity contribution is 0.294. The Labute approximate surface area is 105 Å². The zero-order chi connectivity index (χ0) is 11.9. The highest BCUT2D eigenvalue weighted by atomic mass is 14.9. The number of aryl methyl sites for hydroxylation is 2. The largest absolute Gasteiger partial charge is 0.316 e. The third-order valence-electron chi connectivity index (χ3n) is 4.96. The van der Waals surface area contributed by atoms with Crippen LogP contribution in [0.2, 0.25) is 0 Å². The van der Waals surface area contributed by atoms with Crippen molar-refractivity contribution in [2.24, 2.45) is 5.41 Å². The molecule has 1 aliphatic carbocycles. The molecular formula is C16H23N. The van der Waals surface area contributed by atoms with Gasteiger partial charge in [0.1, 0.15) is 0 Å². The van der Waals surface area contributed by atoms with Gasteiger partial charge < -0.3 is 5.32 Å². The molecule has 1 heterocycles. The molecule has 3 rings (SSSR count). The normalized spacial score (nSPS) is 26.8. The highest BCUT2D eigenvalue weighted by molar-refractivity contribution is 5.36. The van der Waals surface area contributed by atoms with Crippen molar-refractivity contribution in [2.75, 3.05) is 13.1 Å². The second-order valence-corrected chi connectivity index (χ2v) is 6.11. The Morgan fingerprint density at radius 1 is 1.18 bits per heavy atom. The molecule has 1 aromatic rings. The fraction of sp³-hybridized carbons (Fsp3) is 0.625. The third-order valence-corrected chi connectivity index (χ3v) is 4.96. The van der Waals surface area contributed by atoms with Crippen molar-refractivity contribution in [3.63, 3.8) is 0 Å². The Morgan fingerprint density at radius 3 is 2.65 bits per heavy atom. The highest BCUT2D eigenvalue weighted by Gasteiger charge is 2.45. The zero-order valence-corrected chi connectivity index (χ0v) is 11.1. The standard InChI is InChI=1S/C16H23N/c1-12-5-6-14(13(2)9-12)15-10-17-11-16(15)7-3-4-8-16/h5-6,9,15,17H,3-4,7-8,10-11H2,1-2H3. The van der Waals surface area contributed by atoms with Gasteiger partial charge in [0.2, 0.25) is 0 Å². The molecule has 1 aliphatic heterocycles. The van der Waals surface area contributed by atoms with Gasteiger partial charge in [-0.25, -0.2) is 0 Å². The maximum absolute atomic E-state index is 3.65. The molecule has 1 saturated carbocycles. The lowest BCUT2D eigenvalue weighted by atomic mass is 9.72. The van der Waals surface area contributed by atoms with E-state index in [0.717, 1.165) is 5.92 Å². The molecule has 2 aliphatic rings.